The van der Waals surface area contributed by atoms with Crippen molar-refractivity contribution in [1.82, 2.24) is 10.5 Å². The zero-order valence-corrected chi connectivity index (χ0v) is 11.3. The van der Waals surface area contributed by atoms with Gasteiger partial charge in [-0.25, -0.2) is 0 Å². The molecule has 0 aromatic heterocycles. The van der Waals surface area contributed by atoms with Gasteiger partial charge in [0, 0.05) is 13.8 Å². The summed E-state index contributed by atoms with van der Waals surface area (Å²) in [6.07, 6.45) is 0. The van der Waals surface area contributed by atoms with Crippen molar-refractivity contribution in [2.24, 2.45) is 0 Å². The van der Waals surface area contributed by atoms with E-state index in [1.54, 1.807) is 0 Å². The Bertz CT molecular complexity index is 163. The van der Waals surface area contributed by atoms with Gasteiger partial charge >= 0.3 is 35.3 Å². The number of rotatable bonds is 0. The number of halogens is 2. The maximum absolute atomic E-state index is 9.51. The number of hydrogen-bond acceptors (Lipinski definition) is 6. The molecule has 8 nitrogen and oxygen atoms in total. The van der Waals surface area contributed by atoms with E-state index in [1.165, 1.54) is 0 Å². The second-order valence-electron chi connectivity index (χ2n) is 1.63. The Morgan fingerprint density at radius 3 is 1.13 bits per heavy atom. The van der Waals surface area contributed by atoms with Crippen LogP contribution in [0.5, 0.6) is 0 Å². The fourth-order valence-corrected chi connectivity index (χ4v) is 0. The van der Waals surface area contributed by atoms with Crippen molar-refractivity contribution in [2.45, 2.75) is 13.8 Å². The number of hydroxylamine groups is 4. The summed E-state index contributed by atoms with van der Waals surface area (Å²) in [6.45, 7) is 1.93. The summed E-state index contributed by atoms with van der Waals surface area (Å²) in [5, 5.41) is 32.2. The molecule has 15 heavy (non-hydrogen) atoms. The molecule has 0 saturated heterocycles. The molecule has 11 heteroatoms. The van der Waals surface area contributed by atoms with Gasteiger partial charge in [0.1, 0.15) is 0 Å². The van der Waals surface area contributed by atoms with Crippen molar-refractivity contribution < 1.29 is 36.5 Å². The van der Waals surface area contributed by atoms with E-state index in [2.05, 4.69) is 0 Å². The van der Waals surface area contributed by atoms with Crippen LogP contribution in [0.1, 0.15) is 13.8 Å². The molecule has 0 radical (unpaired) electrons. The normalized spacial score (nSPS) is 7.73. The Kier molecular flexibility index (Phi) is 19.2. The Morgan fingerprint density at radius 2 is 1.13 bits per heavy atom. The third-order valence-corrected chi connectivity index (χ3v) is 0.539. The molecule has 0 aliphatic heterocycles. The number of carbonyl (C=O) groups excluding carboxylic acids is 2. The second-order valence-corrected chi connectivity index (χ2v) is 4.91. The number of nitrogens with zero attached hydrogens (tertiary/aromatic N) is 2. The van der Waals surface area contributed by atoms with Gasteiger partial charge in [-0.05, 0) is 0 Å². The zero-order valence-electron chi connectivity index (χ0n) is 7.49. The fourth-order valence-electron chi connectivity index (χ4n) is 0. The van der Waals surface area contributed by atoms with Crippen LogP contribution in [0.15, 0.2) is 0 Å². The minimum absolute atomic E-state index is 0.472. The van der Waals surface area contributed by atoms with Crippen LogP contribution in [0.4, 0.5) is 0 Å². The Hall–Kier alpha value is 0.0483. The average molecular weight is 446 g/mol. The van der Waals surface area contributed by atoms with Crippen LogP contribution in [-0.4, -0.2) is 32.7 Å². The third kappa shape index (κ3) is 31.5. The van der Waals surface area contributed by atoms with Crippen LogP contribution >= 0.6 is 18.8 Å². The molecular formula is C4H8Cl2N2O6Pt. The van der Waals surface area contributed by atoms with Crippen molar-refractivity contribution >= 4 is 30.7 Å². The molecule has 0 aromatic rings. The van der Waals surface area contributed by atoms with E-state index in [-0.39, 0.29) is 0 Å². The molecule has 0 unspecified atom stereocenters. The number of carbonyl (C=O) groups is 2. The molecule has 0 fully saturated rings. The van der Waals surface area contributed by atoms with Crippen molar-refractivity contribution in [3.05, 3.63) is 10.4 Å². The van der Waals surface area contributed by atoms with Gasteiger partial charge in [0.25, 0.3) is 0 Å². The average Bonchev–Trinajstić information content (AvgIpc) is 2.06. The molecule has 0 aromatic carbocycles. The summed E-state index contributed by atoms with van der Waals surface area (Å²) in [5.74, 6) is -1.81. The quantitative estimate of drug-likeness (QED) is 0.419. The van der Waals surface area contributed by atoms with Gasteiger partial charge in [0.15, 0.2) is 0 Å². The van der Waals surface area contributed by atoms with Gasteiger partial charge in [0.05, 0.1) is 0 Å². The number of hydrogen-bond donors (Lipinski definition) is 2. The molecule has 0 aliphatic rings. The Labute approximate surface area is 102 Å². The summed E-state index contributed by atoms with van der Waals surface area (Å²) in [4.78, 5) is 19.0. The van der Waals surface area contributed by atoms with E-state index in [4.69, 9.17) is 29.3 Å². The molecule has 0 spiro atoms. The van der Waals surface area contributed by atoms with Gasteiger partial charge < -0.3 is 10.4 Å². The first-order valence-corrected chi connectivity index (χ1v) is 8.49. The summed E-state index contributed by atoms with van der Waals surface area (Å²) in [7, 11) is 9.75. The van der Waals surface area contributed by atoms with Crippen LogP contribution < -0.4 is 0 Å². The summed E-state index contributed by atoms with van der Waals surface area (Å²) in [5.41, 5.74) is 0. The molecule has 2 amide bonds. The second kappa shape index (κ2) is 14.0. The molecule has 0 rings (SSSR count). The van der Waals surface area contributed by atoms with Crippen molar-refractivity contribution in [3.63, 3.8) is 0 Å². The zero-order chi connectivity index (χ0) is 13.0. The monoisotopic (exact) mass is 445 g/mol. The minimum atomic E-state index is -0.907. The van der Waals surface area contributed by atoms with Crippen LogP contribution in [0.3, 0.4) is 0 Å². The first kappa shape index (κ1) is 20.5. The molecule has 2 N–H and O–H groups in total. The van der Waals surface area contributed by atoms with E-state index in [0.29, 0.717) is 0 Å². The van der Waals surface area contributed by atoms with Gasteiger partial charge in [-0.3, -0.25) is 30.5 Å². The Morgan fingerprint density at radius 1 is 1.07 bits per heavy atom. The fraction of sp³-hybridized carbons (Fsp3) is 0.500. The third-order valence-electron chi connectivity index (χ3n) is 0.539. The molecule has 0 aliphatic carbocycles. The van der Waals surface area contributed by atoms with E-state index >= 15 is 0 Å². The van der Waals surface area contributed by atoms with Crippen LogP contribution in [0, 0.1) is 10.4 Å². The summed E-state index contributed by atoms with van der Waals surface area (Å²) < 4.78 is 0. The van der Waals surface area contributed by atoms with E-state index in [9.17, 15) is 20.0 Å². The standard InChI is InChI=1S/2C2H4NO3.2ClH.Pt/c2*1-2(4)3(5)6;;;/h2*5H,1H3;2*1H;/q2*-1;;;+4/p-2. The SMILES string of the molecule is CC(=O)N([O-])O.CC(=O)N([O-])O.[Cl][Pt+2][Cl]. The first-order valence-electron chi connectivity index (χ1n) is 2.86. The van der Waals surface area contributed by atoms with Gasteiger partial charge in [0.2, 0.25) is 11.8 Å². The van der Waals surface area contributed by atoms with Crippen molar-refractivity contribution in [3.8, 4) is 0 Å². The van der Waals surface area contributed by atoms with E-state index in [1.807, 2.05) is 0 Å². The van der Waals surface area contributed by atoms with Crippen LogP contribution in [0.2, 0.25) is 0 Å². The topological polar surface area (TPSA) is 127 Å². The number of amides is 2. The van der Waals surface area contributed by atoms with Gasteiger partial charge in [-0.1, -0.05) is 0 Å². The van der Waals surface area contributed by atoms with Gasteiger partial charge in [-0.15, -0.1) is 0 Å². The van der Waals surface area contributed by atoms with E-state index < -0.39 is 38.7 Å². The summed E-state index contributed by atoms with van der Waals surface area (Å²) in [6, 6.07) is 0. The molecule has 0 bridgehead atoms. The van der Waals surface area contributed by atoms with Crippen LogP contribution in [0.25, 0.3) is 0 Å². The first-order chi connectivity index (χ1) is 6.70. The van der Waals surface area contributed by atoms with Gasteiger partial charge in [-0.2, -0.15) is 0 Å². The van der Waals surface area contributed by atoms with Crippen molar-refractivity contribution in [2.75, 3.05) is 0 Å². The molecular weight excluding hydrogens is 438 g/mol. The molecule has 0 heterocycles. The molecule has 0 saturated carbocycles. The maximum atomic E-state index is 9.51. The summed E-state index contributed by atoms with van der Waals surface area (Å²) >= 11 is -0.472. The molecule has 94 valence electrons. The van der Waals surface area contributed by atoms with Crippen molar-refractivity contribution in [1.29, 1.82) is 0 Å². The van der Waals surface area contributed by atoms with Crippen LogP contribution in [-0.2, 0) is 26.1 Å². The molecule has 0 atom stereocenters. The van der Waals surface area contributed by atoms with E-state index in [0.717, 1.165) is 13.8 Å². The predicted octanol–water partition coefficient (Wildman–Crippen LogP) is 0.820. The Balaban J connectivity index is -0.000000153. The predicted molar refractivity (Wildman–Crippen MR) is 47.1 cm³/mol.